The van der Waals surface area contributed by atoms with E-state index < -0.39 is 0 Å². The van der Waals surface area contributed by atoms with Crippen molar-refractivity contribution in [3.63, 3.8) is 0 Å². The van der Waals surface area contributed by atoms with Gasteiger partial charge in [0.05, 0.1) is 23.7 Å². The minimum absolute atomic E-state index is 0.0163. The summed E-state index contributed by atoms with van der Waals surface area (Å²) in [6.07, 6.45) is 11.6. The molecule has 0 unspecified atom stereocenters. The Kier molecular flexibility index (Phi) is 3.37. The topological polar surface area (TPSA) is 74.8 Å². The molecule has 2 heterocycles. The van der Waals surface area contributed by atoms with Gasteiger partial charge >= 0.3 is 0 Å². The van der Waals surface area contributed by atoms with Gasteiger partial charge in [0.2, 0.25) is 23.6 Å². The number of amides is 4. The molecule has 28 heavy (non-hydrogen) atoms. The maximum atomic E-state index is 12.7. The van der Waals surface area contributed by atoms with Crippen molar-refractivity contribution in [2.45, 2.75) is 25.7 Å². The Morgan fingerprint density at radius 3 is 1.14 bits per heavy atom. The van der Waals surface area contributed by atoms with E-state index in [1.165, 1.54) is 9.80 Å². The Hall–Kier alpha value is -2.24. The summed E-state index contributed by atoms with van der Waals surface area (Å²) in [4.78, 5) is 53.7. The summed E-state index contributed by atoms with van der Waals surface area (Å²) in [6.45, 7) is 0.806. The van der Waals surface area contributed by atoms with E-state index in [-0.39, 0.29) is 71.0 Å². The van der Waals surface area contributed by atoms with Crippen molar-refractivity contribution in [3.8, 4) is 0 Å². The van der Waals surface area contributed by atoms with Gasteiger partial charge in [0.25, 0.3) is 0 Å². The van der Waals surface area contributed by atoms with Crippen LogP contribution in [0.2, 0.25) is 0 Å². The highest BCUT2D eigenvalue weighted by Gasteiger charge is 2.60. The van der Waals surface area contributed by atoms with Crippen molar-refractivity contribution in [3.05, 3.63) is 24.3 Å². The van der Waals surface area contributed by atoms with Crippen molar-refractivity contribution in [1.29, 1.82) is 0 Å². The fourth-order valence-electron chi connectivity index (χ4n) is 6.91. The zero-order chi connectivity index (χ0) is 19.2. The van der Waals surface area contributed by atoms with Crippen LogP contribution in [0.5, 0.6) is 0 Å². The zero-order valence-corrected chi connectivity index (χ0v) is 15.7. The molecule has 4 aliphatic carbocycles. The fraction of sp³-hybridized carbons (Fsp3) is 0.636. The van der Waals surface area contributed by atoms with Crippen molar-refractivity contribution in [1.82, 2.24) is 9.80 Å². The smallest absolute Gasteiger partial charge is 0.233 e. The van der Waals surface area contributed by atoms with Crippen molar-refractivity contribution in [2.75, 3.05) is 13.1 Å². The predicted octanol–water partition coefficient (Wildman–Crippen LogP) is 1.38. The number of unbranched alkanes of at least 4 members (excludes halogenated alkanes) is 1. The van der Waals surface area contributed by atoms with Gasteiger partial charge in [-0.15, -0.1) is 0 Å². The Morgan fingerprint density at radius 2 is 0.857 bits per heavy atom. The standard InChI is InChI=1S/C22H24N2O4/c25-19-15-11-3-4-12(9-11)16(15)20(26)23(19)7-1-2-8-24-21(27)17-13-5-6-14(10-13)18(17)22(24)28/h3-6,11-18H,1-2,7-10H2/t11-,12-,13-,14+,15-,16-,17-,18+/m0/s1. The molecule has 6 aliphatic rings. The molecule has 146 valence electrons. The summed E-state index contributed by atoms with van der Waals surface area (Å²) < 4.78 is 0. The van der Waals surface area contributed by atoms with Gasteiger partial charge in [-0.2, -0.15) is 0 Å². The molecule has 4 amide bonds. The molecule has 0 aromatic rings. The Bertz CT molecular complexity index is 731. The van der Waals surface area contributed by atoms with E-state index in [2.05, 4.69) is 24.3 Å². The lowest BCUT2D eigenvalue weighted by Gasteiger charge is -2.19. The first-order chi connectivity index (χ1) is 13.6. The normalized spacial score (nSPS) is 44.6. The summed E-state index contributed by atoms with van der Waals surface area (Å²) >= 11 is 0. The van der Waals surface area contributed by atoms with Crippen LogP contribution >= 0.6 is 0 Å². The molecular weight excluding hydrogens is 356 g/mol. The van der Waals surface area contributed by atoms with Gasteiger partial charge in [-0.25, -0.2) is 0 Å². The number of nitrogens with zero attached hydrogens (tertiary/aromatic N) is 2. The third kappa shape index (κ3) is 1.98. The van der Waals surface area contributed by atoms with E-state index in [1.54, 1.807) is 0 Å². The third-order valence-electron chi connectivity index (χ3n) is 8.14. The Balaban J connectivity index is 1.05. The maximum Gasteiger partial charge on any atom is 0.233 e. The summed E-state index contributed by atoms with van der Waals surface area (Å²) in [5, 5.41) is 0. The quantitative estimate of drug-likeness (QED) is 0.410. The van der Waals surface area contributed by atoms with E-state index >= 15 is 0 Å². The summed E-state index contributed by atoms with van der Waals surface area (Å²) in [7, 11) is 0. The number of hydrogen-bond donors (Lipinski definition) is 0. The van der Waals surface area contributed by atoms with Crippen molar-refractivity contribution < 1.29 is 19.2 Å². The van der Waals surface area contributed by atoms with Crippen molar-refractivity contribution in [2.24, 2.45) is 47.3 Å². The number of allylic oxidation sites excluding steroid dienone is 4. The van der Waals surface area contributed by atoms with Crippen LogP contribution in [0.4, 0.5) is 0 Å². The van der Waals surface area contributed by atoms with Gasteiger partial charge in [0.15, 0.2) is 0 Å². The van der Waals surface area contributed by atoms with Crippen LogP contribution in [-0.2, 0) is 19.2 Å². The van der Waals surface area contributed by atoms with Gasteiger partial charge in [0.1, 0.15) is 0 Å². The third-order valence-corrected chi connectivity index (χ3v) is 8.14. The highest BCUT2D eigenvalue weighted by molar-refractivity contribution is 6.07. The van der Waals surface area contributed by atoms with E-state index in [0.29, 0.717) is 25.9 Å². The number of likely N-dealkylation sites (tertiary alicyclic amines) is 2. The van der Waals surface area contributed by atoms with Crippen LogP contribution in [0.15, 0.2) is 24.3 Å². The molecule has 6 rings (SSSR count). The molecule has 4 bridgehead atoms. The van der Waals surface area contributed by atoms with E-state index in [4.69, 9.17) is 0 Å². The minimum Gasteiger partial charge on any atom is -0.282 e. The first-order valence-corrected chi connectivity index (χ1v) is 10.6. The number of carbonyl (C=O) groups excluding carboxylic acids is 4. The molecule has 4 fully saturated rings. The number of imide groups is 2. The lowest BCUT2D eigenvalue weighted by molar-refractivity contribution is -0.143. The van der Waals surface area contributed by atoms with E-state index in [0.717, 1.165) is 12.8 Å². The summed E-state index contributed by atoms with van der Waals surface area (Å²) in [5.74, 6) is 0.291. The molecule has 8 atom stereocenters. The van der Waals surface area contributed by atoms with Gasteiger partial charge < -0.3 is 0 Å². The molecular formula is C22H24N2O4. The zero-order valence-electron chi connectivity index (χ0n) is 15.7. The lowest BCUT2D eigenvalue weighted by atomic mass is 9.85. The molecule has 0 aromatic heterocycles. The highest BCUT2D eigenvalue weighted by atomic mass is 16.2. The van der Waals surface area contributed by atoms with Gasteiger partial charge in [-0.05, 0) is 49.4 Å². The van der Waals surface area contributed by atoms with Crippen LogP contribution in [0.25, 0.3) is 0 Å². The summed E-state index contributed by atoms with van der Waals surface area (Å²) in [6, 6.07) is 0. The lowest BCUT2D eigenvalue weighted by Crippen LogP contribution is -2.36. The fourth-order valence-corrected chi connectivity index (χ4v) is 6.91. The predicted molar refractivity (Wildman–Crippen MR) is 98.1 cm³/mol. The molecule has 2 aliphatic heterocycles. The summed E-state index contributed by atoms with van der Waals surface area (Å²) in [5.41, 5.74) is 0. The first kappa shape index (κ1) is 16.7. The van der Waals surface area contributed by atoms with E-state index in [1.807, 2.05) is 0 Å². The minimum atomic E-state index is -0.147. The van der Waals surface area contributed by atoms with E-state index in [9.17, 15) is 19.2 Å². The average Bonchev–Trinajstić information content (AvgIpc) is 3.49. The monoisotopic (exact) mass is 380 g/mol. The first-order valence-electron chi connectivity index (χ1n) is 10.6. The van der Waals surface area contributed by atoms with Gasteiger partial charge in [-0.3, -0.25) is 29.0 Å². The Labute approximate surface area is 163 Å². The highest BCUT2D eigenvalue weighted by Crippen LogP contribution is 2.53. The van der Waals surface area contributed by atoms with Crippen LogP contribution < -0.4 is 0 Å². The second kappa shape index (κ2) is 5.65. The van der Waals surface area contributed by atoms with Gasteiger partial charge in [0, 0.05) is 13.1 Å². The SMILES string of the molecule is O=C1[C@@H]2[C@@H](C(=O)N1CCCCN1C(=O)[C@@H]3[C@H](C1=O)[C@@H]1C=C[C@H]3C1)[C@H]1C=C[C@H]2C1. The largest absolute Gasteiger partial charge is 0.282 e. The van der Waals surface area contributed by atoms with Crippen LogP contribution in [0.1, 0.15) is 25.7 Å². The molecule has 0 aromatic carbocycles. The molecule has 0 spiro atoms. The average molecular weight is 380 g/mol. The van der Waals surface area contributed by atoms with Gasteiger partial charge in [-0.1, -0.05) is 24.3 Å². The number of carbonyl (C=O) groups is 4. The second-order valence-electron chi connectivity index (χ2n) is 9.36. The van der Waals surface area contributed by atoms with Crippen LogP contribution in [-0.4, -0.2) is 46.5 Å². The molecule has 2 saturated carbocycles. The molecule has 6 nitrogen and oxygen atoms in total. The number of rotatable bonds is 5. The maximum absolute atomic E-state index is 12.7. The Morgan fingerprint density at radius 1 is 0.571 bits per heavy atom. The van der Waals surface area contributed by atoms with Crippen molar-refractivity contribution >= 4 is 23.6 Å². The van der Waals surface area contributed by atoms with Crippen LogP contribution in [0.3, 0.4) is 0 Å². The number of fused-ring (bicyclic) bond motifs is 10. The second-order valence-corrected chi connectivity index (χ2v) is 9.36. The number of hydrogen-bond acceptors (Lipinski definition) is 4. The molecule has 0 radical (unpaired) electrons. The molecule has 6 heteroatoms. The molecule has 2 saturated heterocycles. The van der Waals surface area contributed by atoms with Crippen LogP contribution in [0, 0.1) is 47.3 Å². The molecule has 0 N–H and O–H groups in total.